The highest BCUT2D eigenvalue weighted by atomic mass is 32.1. The first-order valence-corrected chi connectivity index (χ1v) is 11.9. The third kappa shape index (κ3) is 3.86. The summed E-state index contributed by atoms with van der Waals surface area (Å²) in [4.78, 5) is 38.0. The SMILES string of the molecule is Cc1cc(CC(=O)N2CCCC2C2=NC(C)(c3ccc(-c4scnc4C)cc3)C(=O)N2)on1. The number of aryl methyl sites for hydroxylation is 2. The lowest BCUT2D eigenvalue weighted by Crippen LogP contribution is -2.46. The van der Waals surface area contributed by atoms with Gasteiger partial charge in [0.2, 0.25) is 5.91 Å². The molecule has 33 heavy (non-hydrogen) atoms. The molecule has 2 atom stereocenters. The van der Waals surface area contributed by atoms with Crippen LogP contribution < -0.4 is 5.32 Å². The molecule has 1 N–H and O–H groups in total. The second-order valence-corrected chi connectivity index (χ2v) is 9.58. The number of aliphatic imine (C=N–C) groups is 1. The number of benzene rings is 1. The average Bonchev–Trinajstić information content (AvgIpc) is 3.57. The summed E-state index contributed by atoms with van der Waals surface area (Å²) < 4.78 is 5.21. The molecule has 0 bridgehead atoms. The Balaban J connectivity index is 1.37. The van der Waals surface area contributed by atoms with Gasteiger partial charge in [-0.3, -0.25) is 9.59 Å². The quantitative estimate of drug-likeness (QED) is 0.625. The van der Waals surface area contributed by atoms with Gasteiger partial charge in [0.1, 0.15) is 11.6 Å². The van der Waals surface area contributed by atoms with Gasteiger partial charge in [-0.25, -0.2) is 9.98 Å². The van der Waals surface area contributed by atoms with Gasteiger partial charge in [0.05, 0.1) is 34.2 Å². The zero-order valence-electron chi connectivity index (χ0n) is 18.8. The molecule has 8 nitrogen and oxygen atoms in total. The molecule has 5 rings (SSSR count). The number of likely N-dealkylation sites (tertiary alicyclic amines) is 1. The minimum absolute atomic E-state index is 0.0523. The first kappa shape index (κ1) is 21.5. The van der Waals surface area contributed by atoms with Crippen LogP contribution in [-0.2, 0) is 21.5 Å². The van der Waals surface area contributed by atoms with Crippen LogP contribution >= 0.6 is 11.3 Å². The second-order valence-electron chi connectivity index (χ2n) is 8.72. The molecule has 0 saturated carbocycles. The lowest BCUT2D eigenvalue weighted by atomic mass is 9.91. The maximum atomic E-state index is 13.0. The molecule has 2 aromatic heterocycles. The van der Waals surface area contributed by atoms with E-state index in [4.69, 9.17) is 9.52 Å². The molecule has 4 heterocycles. The molecule has 2 aliphatic heterocycles. The van der Waals surface area contributed by atoms with E-state index in [0.29, 0.717) is 18.1 Å². The van der Waals surface area contributed by atoms with Gasteiger partial charge in [-0.05, 0) is 44.7 Å². The highest BCUT2D eigenvalue weighted by Crippen LogP contribution is 2.34. The number of amides is 2. The van der Waals surface area contributed by atoms with Gasteiger partial charge in [-0.1, -0.05) is 29.4 Å². The molecule has 2 unspecified atom stereocenters. The van der Waals surface area contributed by atoms with Gasteiger partial charge in [0.15, 0.2) is 5.54 Å². The molecule has 0 aliphatic carbocycles. The summed E-state index contributed by atoms with van der Waals surface area (Å²) in [6.07, 6.45) is 1.77. The smallest absolute Gasteiger partial charge is 0.257 e. The van der Waals surface area contributed by atoms with E-state index in [9.17, 15) is 9.59 Å². The standard InChI is InChI=1S/C24H25N5O3S/c1-14-11-18(32-28-14)12-20(30)29-10-4-5-19(29)22-26-23(31)24(3,27-22)17-8-6-16(7-9-17)21-15(2)25-13-33-21/h6-9,11,13,19H,4-5,10,12H2,1-3H3,(H,26,27,31). The van der Waals surface area contributed by atoms with Crippen molar-refractivity contribution in [2.24, 2.45) is 4.99 Å². The fraction of sp³-hybridized carbons (Fsp3) is 0.375. The van der Waals surface area contributed by atoms with Crippen molar-refractivity contribution in [2.45, 2.75) is 51.6 Å². The fourth-order valence-corrected chi connectivity index (χ4v) is 5.35. The lowest BCUT2D eigenvalue weighted by Gasteiger charge is -2.24. The number of carbonyl (C=O) groups excluding carboxylic acids is 2. The normalized spacial score (nSPS) is 22.5. The van der Waals surface area contributed by atoms with Crippen LogP contribution in [0.5, 0.6) is 0 Å². The summed E-state index contributed by atoms with van der Waals surface area (Å²) in [6, 6.07) is 9.44. The highest BCUT2D eigenvalue weighted by molar-refractivity contribution is 7.13. The van der Waals surface area contributed by atoms with Crippen molar-refractivity contribution < 1.29 is 14.1 Å². The van der Waals surface area contributed by atoms with Crippen LogP contribution in [0.4, 0.5) is 0 Å². The van der Waals surface area contributed by atoms with Crippen molar-refractivity contribution in [3.05, 3.63) is 58.6 Å². The average molecular weight is 464 g/mol. The molecule has 2 aliphatic rings. The van der Waals surface area contributed by atoms with Gasteiger partial charge in [-0.2, -0.15) is 0 Å². The van der Waals surface area contributed by atoms with E-state index in [1.165, 1.54) is 0 Å². The van der Waals surface area contributed by atoms with Crippen LogP contribution in [0.3, 0.4) is 0 Å². The summed E-state index contributed by atoms with van der Waals surface area (Å²) in [5.74, 6) is 0.874. The van der Waals surface area contributed by atoms with Gasteiger partial charge in [0.25, 0.3) is 5.91 Å². The van der Waals surface area contributed by atoms with Gasteiger partial charge in [0, 0.05) is 12.6 Å². The molecule has 1 saturated heterocycles. The Morgan fingerprint density at radius 1 is 1.30 bits per heavy atom. The number of nitrogens with zero attached hydrogens (tertiary/aromatic N) is 4. The van der Waals surface area contributed by atoms with E-state index in [0.717, 1.165) is 40.2 Å². The number of aromatic nitrogens is 2. The molecule has 1 aromatic carbocycles. The summed E-state index contributed by atoms with van der Waals surface area (Å²) in [7, 11) is 0. The van der Waals surface area contributed by atoms with E-state index < -0.39 is 5.54 Å². The summed E-state index contributed by atoms with van der Waals surface area (Å²) in [6.45, 7) is 6.26. The lowest BCUT2D eigenvalue weighted by molar-refractivity contribution is -0.130. The zero-order chi connectivity index (χ0) is 23.2. The molecule has 0 spiro atoms. The number of thiazole rings is 1. The molecule has 2 amide bonds. The van der Waals surface area contributed by atoms with E-state index in [1.807, 2.05) is 50.5 Å². The number of carbonyl (C=O) groups is 2. The van der Waals surface area contributed by atoms with E-state index in [-0.39, 0.29) is 24.3 Å². The molecular formula is C24H25N5O3S. The zero-order valence-corrected chi connectivity index (χ0v) is 19.6. The topological polar surface area (TPSA) is 101 Å². The number of amidine groups is 1. The number of nitrogens with one attached hydrogen (secondary N) is 1. The Labute approximate surface area is 195 Å². The van der Waals surface area contributed by atoms with Crippen LogP contribution in [-0.4, -0.2) is 45.3 Å². The first-order chi connectivity index (χ1) is 15.8. The number of hydrogen-bond acceptors (Lipinski definition) is 7. The maximum absolute atomic E-state index is 13.0. The third-order valence-electron chi connectivity index (χ3n) is 6.37. The Hall–Kier alpha value is -3.33. The van der Waals surface area contributed by atoms with Crippen molar-refractivity contribution in [3.63, 3.8) is 0 Å². The van der Waals surface area contributed by atoms with Crippen LogP contribution in [0.2, 0.25) is 0 Å². The van der Waals surface area contributed by atoms with E-state index in [2.05, 4.69) is 15.5 Å². The van der Waals surface area contributed by atoms with Crippen LogP contribution in [0.15, 0.2) is 45.4 Å². The Morgan fingerprint density at radius 3 is 2.76 bits per heavy atom. The van der Waals surface area contributed by atoms with Crippen molar-refractivity contribution in [3.8, 4) is 10.4 Å². The Kier molecular flexibility index (Phi) is 5.36. The molecule has 0 radical (unpaired) electrons. The van der Waals surface area contributed by atoms with Crippen molar-refractivity contribution >= 4 is 29.0 Å². The Morgan fingerprint density at radius 2 is 2.09 bits per heavy atom. The fourth-order valence-electron chi connectivity index (χ4n) is 4.54. The monoisotopic (exact) mass is 463 g/mol. The minimum atomic E-state index is -1.03. The highest BCUT2D eigenvalue weighted by Gasteiger charge is 2.45. The van der Waals surface area contributed by atoms with Crippen molar-refractivity contribution in [1.29, 1.82) is 0 Å². The van der Waals surface area contributed by atoms with E-state index >= 15 is 0 Å². The molecule has 3 aromatic rings. The largest absolute Gasteiger partial charge is 0.361 e. The second kappa shape index (κ2) is 8.22. The molecular weight excluding hydrogens is 438 g/mol. The van der Waals surface area contributed by atoms with E-state index in [1.54, 1.807) is 22.3 Å². The third-order valence-corrected chi connectivity index (χ3v) is 7.35. The van der Waals surface area contributed by atoms with Crippen LogP contribution in [0.1, 0.15) is 42.5 Å². The minimum Gasteiger partial charge on any atom is -0.361 e. The summed E-state index contributed by atoms with van der Waals surface area (Å²) in [5.41, 5.74) is 4.42. The maximum Gasteiger partial charge on any atom is 0.257 e. The van der Waals surface area contributed by atoms with Crippen molar-refractivity contribution in [1.82, 2.24) is 20.4 Å². The summed E-state index contributed by atoms with van der Waals surface area (Å²) >= 11 is 1.60. The van der Waals surface area contributed by atoms with Gasteiger partial charge >= 0.3 is 0 Å². The van der Waals surface area contributed by atoms with Gasteiger partial charge in [-0.15, -0.1) is 11.3 Å². The summed E-state index contributed by atoms with van der Waals surface area (Å²) in [5, 5.41) is 6.82. The molecule has 9 heteroatoms. The molecule has 170 valence electrons. The van der Waals surface area contributed by atoms with Gasteiger partial charge < -0.3 is 14.7 Å². The predicted molar refractivity (Wildman–Crippen MR) is 125 cm³/mol. The van der Waals surface area contributed by atoms with Crippen LogP contribution in [0.25, 0.3) is 10.4 Å². The van der Waals surface area contributed by atoms with Crippen molar-refractivity contribution in [2.75, 3.05) is 6.54 Å². The number of rotatable bonds is 5. The van der Waals surface area contributed by atoms with Crippen LogP contribution in [0, 0.1) is 13.8 Å². The predicted octanol–water partition coefficient (Wildman–Crippen LogP) is 3.39. The first-order valence-electron chi connectivity index (χ1n) is 11.0. The number of hydrogen-bond donors (Lipinski definition) is 1. The molecule has 1 fully saturated rings. The Bertz CT molecular complexity index is 1250.